The first-order valence-corrected chi connectivity index (χ1v) is 8.90. The van der Waals surface area contributed by atoms with Gasteiger partial charge in [-0.15, -0.1) is 10.2 Å². The average Bonchev–Trinajstić information content (AvgIpc) is 2.99. The molecule has 1 unspecified atom stereocenters. The van der Waals surface area contributed by atoms with Gasteiger partial charge in [-0.1, -0.05) is 13.8 Å². The third-order valence-electron chi connectivity index (χ3n) is 4.97. The molecule has 1 atom stereocenters. The number of hydrogen-bond donors (Lipinski definition) is 1. The summed E-state index contributed by atoms with van der Waals surface area (Å²) in [5.41, 5.74) is 7.39. The molecule has 0 aromatic carbocycles. The van der Waals surface area contributed by atoms with E-state index in [-0.39, 0.29) is 17.4 Å². The largest absolute Gasteiger partial charge is 0.477 e. The van der Waals surface area contributed by atoms with Gasteiger partial charge in [0.15, 0.2) is 5.82 Å². The quantitative estimate of drug-likeness (QED) is 0.891. The highest BCUT2D eigenvalue weighted by Crippen LogP contribution is 2.29. The van der Waals surface area contributed by atoms with E-state index in [0.717, 1.165) is 12.1 Å². The highest BCUT2D eigenvalue weighted by atomic mass is 16.5. The Labute approximate surface area is 153 Å². The maximum absolute atomic E-state index is 13.0. The highest BCUT2D eigenvalue weighted by Gasteiger charge is 2.36. The van der Waals surface area contributed by atoms with Gasteiger partial charge in [-0.3, -0.25) is 4.79 Å². The second-order valence-corrected chi connectivity index (χ2v) is 7.33. The first-order valence-electron chi connectivity index (χ1n) is 8.90. The lowest BCUT2D eigenvalue weighted by Crippen LogP contribution is -2.54. The molecule has 0 spiro atoms. The summed E-state index contributed by atoms with van der Waals surface area (Å²) in [5, 5.41) is 12.5. The van der Waals surface area contributed by atoms with Crippen LogP contribution in [0.15, 0.2) is 18.3 Å². The summed E-state index contributed by atoms with van der Waals surface area (Å²) in [5.74, 6) is 0.989. The lowest BCUT2D eigenvalue weighted by atomic mass is 9.79. The van der Waals surface area contributed by atoms with Crippen molar-refractivity contribution in [1.82, 2.24) is 24.9 Å². The summed E-state index contributed by atoms with van der Waals surface area (Å²) in [6, 6.07) is 3.62. The molecule has 1 aliphatic heterocycles. The zero-order valence-electron chi connectivity index (χ0n) is 15.8. The molecule has 140 valence electrons. The molecule has 2 aromatic rings. The summed E-state index contributed by atoms with van der Waals surface area (Å²) in [7, 11) is 0. The van der Waals surface area contributed by atoms with Crippen molar-refractivity contribution < 1.29 is 9.53 Å². The Bertz CT molecular complexity index is 783. The number of ether oxygens (including phenoxy) is 1. The maximum atomic E-state index is 13.0. The van der Waals surface area contributed by atoms with Crippen LogP contribution in [0.5, 0.6) is 5.88 Å². The standard InChI is InChI=1S/C18H26N6O2/c1-5-26-16-7-6-15(21-22-16)24-12(2)13(10-20-24)17(25)23-9-8-14(19)18(3,4)11-23/h6-7,10,14H,5,8-9,11,19H2,1-4H3. The number of piperidine rings is 1. The van der Waals surface area contributed by atoms with Crippen molar-refractivity contribution in [2.24, 2.45) is 11.1 Å². The van der Waals surface area contributed by atoms with E-state index in [9.17, 15) is 4.79 Å². The molecule has 3 heterocycles. The second-order valence-electron chi connectivity index (χ2n) is 7.33. The van der Waals surface area contributed by atoms with Gasteiger partial charge >= 0.3 is 0 Å². The van der Waals surface area contributed by atoms with Crippen LogP contribution >= 0.6 is 0 Å². The predicted molar refractivity (Wildman–Crippen MR) is 97.3 cm³/mol. The molecule has 1 fully saturated rings. The van der Waals surface area contributed by atoms with Crippen molar-refractivity contribution in [1.29, 1.82) is 0 Å². The molecule has 1 amide bonds. The van der Waals surface area contributed by atoms with Crippen molar-refractivity contribution >= 4 is 5.91 Å². The van der Waals surface area contributed by atoms with E-state index in [2.05, 4.69) is 29.1 Å². The fraction of sp³-hybridized carbons (Fsp3) is 0.556. The molecule has 2 aromatic heterocycles. The van der Waals surface area contributed by atoms with Crippen molar-refractivity contribution in [2.75, 3.05) is 19.7 Å². The van der Waals surface area contributed by atoms with E-state index < -0.39 is 0 Å². The Morgan fingerprint density at radius 1 is 1.38 bits per heavy atom. The highest BCUT2D eigenvalue weighted by molar-refractivity contribution is 5.95. The smallest absolute Gasteiger partial charge is 0.257 e. The first-order chi connectivity index (χ1) is 12.3. The average molecular weight is 358 g/mol. The van der Waals surface area contributed by atoms with Crippen LogP contribution in [0.2, 0.25) is 0 Å². The van der Waals surface area contributed by atoms with Gasteiger partial charge in [0.25, 0.3) is 5.91 Å². The molecule has 2 N–H and O–H groups in total. The van der Waals surface area contributed by atoms with Gasteiger partial charge in [0.1, 0.15) is 0 Å². The Balaban J connectivity index is 1.81. The number of hydrogen-bond acceptors (Lipinski definition) is 6. The number of nitrogens with zero attached hydrogens (tertiary/aromatic N) is 5. The van der Waals surface area contributed by atoms with Gasteiger partial charge < -0.3 is 15.4 Å². The molecule has 0 bridgehead atoms. The Morgan fingerprint density at radius 2 is 2.15 bits per heavy atom. The molecule has 0 saturated carbocycles. The van der Waals surface area contributed by atoms with Crippen LogP contribution in [-0.4, -0.2) is 56.5 Å². The van der Waals surface area contributed by atoms with Crippen LogP contribution in [0.3, 0.4) is 0 Å². The van der Waals surface area contributed by atoms with Gasteiger partial charge in [-0.25, -0.2) is 4.68 Å². The van der Waals surface area contributed by atoms with E-state index in [1.54, 1.807) is 23.0 Å². The van der Waals surface area contributed by atoms with E-state index in [0.29, 0.717) is 37.0 Å². The van der Waals surface area contributed by atoms with Crippen LogP contribution in [0.1, 0.15) is 43.2 Å². The maximum Gasteiger partial charge on any atom is 0.257 e. The third-order valence-corrected chi connectivity index (χ3v) is 4.97. The molecule has 0 radical (unpaired) electrons. The fourth-order valence-electron chi connectivity index (χ4n) is 3.22. The SMILES string of the molecule is CCOc1ccc(-n2ncc(C(=O)N3CCC(N)C(C)(C)C3)c2C)nn1. The summed E-state index contributed by atoms with van der Waals surface area (Å²) >= 11 is 0. The molecule has 1 aliphatic rings. The molecule has 1 saturated heterocycles. The molecule has 8 nitrogen and oxygen atoms in total. The minimum atomic E-state index is -0.0988. The Kier molecular flexibility index (Phi) is 4.95. The van der Waals surface area contributed by atoms with Crippen LogP contribution in [-0.2, 0) is 0 Å². The second kappa shape index (κ2) is 7.03. The van der Waals surface area contributed by atoms with Crippen molar-refractivity contribution in [3.05, 3.63) is 29.6 Å². The zero-order valence-corrected chi connectivity index (χ0v) is 15.8. The van der Waals surface area contributed by atoms with E-state index in [1.165, 1.54) is 0 Å². The number of rotatable bonds is 4. The summed E-state index contributed by atoms with van der Waals surface area (Å²) in [6.45, 7) is 9.78. The lowest BCUT2D eigenvalue weighted by Gasteiger charge is -2.42. The summed E-state index contributed by atoms with van der Waals surface area (Å²) < 4.78 is 6.93. The van der Waals surface area contributed by atoms with Gasteiger partial charge in [-0.05, 0) is 31.7 Å². The number of likely N-dealkylation sites (tertiary alicyclic amines) is 1. The number of nitrogens with two attached hydrogens (primary N) is 1. The minimum absolute atomic E-state index is 0.0207. The molecular weight excluding hydrogens is 332 g/mol. The summed E-state index contributed by atoms with van der Waals surface area (Å²) in [4.78, 5) is 14.8. The van der Waals surface area contributed by atoms with E-state index >= 15 is 0 Å². The molecule has 8 heteroatoms. The molecule has 3 rings (SSSR count). The molecule has 26 heavy (non-hydrogen) atoms. The van der Waals surface area contributed by atoms with E-state index in [1.807, 2.05) is 18.7 Å². The predicted octanol–water partition coefficient (Wildman–Crippen LogP) is 1.57. The number of amides is 1. The minimum Gasteiger partial charge on any atom is -0.477 e. The van der Waals surface area contributed by atoms with Gasteiger partial charge in [0, 0.05) is 25.2 Å². The lowest BCUT2D eigenvalue weighted by molar-refractivity contribution is 0.0532. The number of aromatic nitrogens is 4. The third kappa shape index (κ3) is 3.41. The van der Waals surface area contributed by atoms with Gasteiger partial charge in [0.2, 0.25) is 5.88 Å². The topological polar surface area (TPSA) is 99.2 Å². The number of carbonyl (C=O) groups is 1. The van der Waals surface area contributed by atoms with Crippen LogP contribution in [0, 0.1) is 12.3 Å². The molecule has 0 aliphatic carbocycles. The normalized spacial score (nSPS) is 19.4. The summed E-state index contributed by atoms with van der Waals surface area (Å²) in [6.07, 6.45) is 2.40. The van der Waals surface area contributed by atoms with E-state index in [4.69, 9.17) is 10.5 Å². The number of carbonyl (C=O) groups excluding carboxylic acids is 1. The van der Waals surface area contributed by atoms with Gasteiger partial charge in [0.05, 0.1) is 24.1 Å². The fourth-order valence-corrected chi connectivity index (χ4v) is 3.22. The zero-order chi connectivity index (χ0) is 18.9. The molecular formula is C18H26N6O2. The first kappa shape index (κ1) is 18.3. The monoisotopic (exact) mass is 358 g/mol. The van der Waals surface area contributed by atoms with Crippen LogP contribution in [0.25, 0.3) is 5.82 Å². The Morgan fingerprint density at radius 3 is 2.77 bits per heavy atom. The van der Waals surface area contributed by atoms with Crippen molar-refractivity contribution in [2.45, 2.75) is 40.2 Å². The van der Waals surface area contributed by atoms with Crippen LogP contribution < -0.4 is 10.5 Å². The van der Waals surface area contributed by atoms with Crippen molar-refractivity contribution in [3.8, 4) is 11.7 Å². The van der Waals surface area contributed by atoms with Crippen molar-refractivity contribution in [3.63, 3.8) is 0 Å². The Hall–Kier alpha value is -2.48. The van der Waals surface area contributed by atoms with Gasteiger partial charge in [-0.2, -0.15) is 5.10 Å². The van der Waals surface area contributed by atoms with Crippen LogP contribution in [0.4, 0.5) is 0 Å².